The molecule has 0 unspecified atom stereocenters. The summed E-state index contributed by atoms with van der Waals surface area (Å²) in [6, 6.07) is 11.6. The number of nitrogens with one attached hydrogen (secondary N) is 1. The highest BCUT2D eigenvalue weighted by molar-refractivity contribution is 6.33. The van der Waals surface area contributed by atoms with E-state index in [0.717, 1.165) is 0 Å². The lowest BCUT2D eigenvalue weighted by Gasteiger charge is -2.07. The zero-order valence-electron chi connectivity index (χ0n) is 10.3. The molecule has 0 aliphatic carbocycles. The van der Waals surface area contributed by atoms with Crippen molar-refractivity contribution < 1.29 is 10.2 Å². The van der Waals surface area contributed by atoms with E-state index in [1.54, 1.807) is 25.1 Å². The summed E-state index contributed by atoms with van der Waals surface area (Å²) < 4.78 is 0. The first-order chi connectivity index (χ1) is 9.08. The van der Waals surface area contributed by atoms with Crippen LogP contribution in [0.1, 0.15) is 12.5 Å². The molecule has 0 amide bonds. The second-order valence-electron chi connectivity index (χ2n) is 3.99. The summed E-state index contributed by atoms with van der Waals surface area (Å²) in [6.07, 6.45) is 0. The lowest BCUT2D eigenvalue weighted by molar-refractivity contribution is 0.450. The van der Waals surface area contributed by atoms with Crippen LogP contribution in [0.15, 0.2) is 47.6 Å². The van der Waals surface area contributed by atoms with Crippen LogP contribution >= 0.6 is 11.6 Å². The van der Waals surface area contributed by atoms with Crippen LogP contribution in [-0.2, 0) is 0 Å². The van der Waals surface area contributed by atoms with Crippen molar-refractivity contribution >= 4 is 23.0 Å². The van der Waals surface area contributed by atoms with Crippen molar-refractivity contribution in [1.29, 1.82) is 0 Å². The van der Waals surface area contributed by atoms with Gasteiger partial charge in [-0.2, -0.15) is 5.10 Å². The molecule has 3 N–H and O–H groups in total. The van der Waals surface area contributed by atoms with E-state index in [0.29, 0.717) is 22.0 Å². The Morgan fingerprint density at radius 2 is 1.89 bits per heavy atom. The van der Waals surface area contributed by atoms with Crippen molar-refractivity contribution in [2.45, 2.75) is 6.92 Å². The number of halogens is 1. The second-order valence-corrected chi connectivity index (χ2v) is 4.40. The van der Waals surface area contributed by atoms with Gasteiger partial charge in [0, 0.05) is 11.6 Å². The van der Waals surface area contributed by atoms with E-state index in [1.165, 1.54) is 12.1 Å². The minimum absolute atomic E-state index is 0.00751. The van der Waals surface area contributed by atoms with Crippen molar-refractivity contribution in [3.63, 3.8) is 0 Å². The van der Waals surface area contributed by atoms with E-state index in [1.807, 2.05) is 12.1 Å². The van der Waals surface area contributed by atoms with Gasteiger partial charge in [-0.25, -0.2) is 0 Å². The number of nitrogens with zero attached hydrogens (tertiary/aromatic N) is 1. The van der Waals surface area contributed by atoms with Crippen LogP contribution in [0.3, 0.4) is 0 Å². The summed E-state index contributed by atoms with van der Waals surface area (Å²) in [5.74, 6) is -0.0182. The van der Waals surface area contributed by atoms with Crippen LogP contribution in [0.25, 0.3) is 0 Å². The van der Waals surface area contributed by atoms with E-state index < -0.39 is 0 Å². The average molecular weight is 277 g/mol. The van der Waals surface area contributed by atoms with Gasteiger partial charge in [0.1, 0.15) is 11.5 Å². The van der Waals surface area contributed by atoms with Crippen LogP contribution < -0.4 is 5.43 Å². The third-order valence-electron chi connectivity index (χ3n) is 2.59. The molecule has 2 aromatic rings. The van der Waals surface area contributed by atoms with Crippen molar-refractivity contribution in [2.24, 2.45) is 5.10 Å². The molecule has 0 bridgehead atoms. The zero-order chi connectivity index (χ0) is 13.8. The molecule has 0 aliphatic rings. The molecule has 4 nitrogen and oxygen atoms in total. The molecular weight excluding hydrogens is 264 g/mol. The van der Waals surface area contributed by atoms with Gasteiger partial charge in [-0.05, 0) is 31.2 Å². The number of phenolic OH excluding ortho intramolecular Hbond substituents is 2. The van der Waals surface area contributed by atoms with Gasteiger partial charge in [-0.3, -0.25) is 5.43 Å². The summed E-state index contributed by atoms with van der Waals surface area (Å²) >= 11 is 5.99. The molecule has 0 atom stereocenters. The number of anilines is 1. The number of para-hydroxylation sites is 1. The van der Waals surface area contributed by atoms with Gasteiger partial charge in [0.2, 0.25) is 0 Å². The number of hydrogen-bond donors (Lipinski definition) is 3. The molecule has 0 heterocycles. The fourth-order valence-electron chi connectivity index (χ4n) is 1.58. The SMILES string of the molecule is C/C(=N\Nc1ccccc1Cl)c1ccc(O)cc1O. The smallest absolute Gasteiger partial charge is 0.128 e. The fraction of sp³-hybridized carbons (Fsp3) is 0.0714. The van der Waals surface area contributed by atoms with Crippen molar-refractivity contribution in [3.8, 4) is 11.5 Å². The van der Waals surface area contributed by atoms with E-state index in [2.05, 4.69) is 10.5 Å². The predicted molar refractivity (Wildman–Crippen MR) is 77.1 cm³/mol. The standard InChI is InChI=1S/C14H13ClN2O2/c1-9(11-7-6-10(18)8-14(11)19)16-17-13-5-3-2-4-12(13)15/h2-8,17-19H,1H3/b16-9+. The lowest BCUT2D eigenvalue weighted by atomic mass is 10.1. The van der Waals surface area contributed by atoms with Crippen LogP contribution in [0, 0.1) is 0 Å². The third kappa shape index (κ3) is 3.17. The maximum atomic E-state index is 9.72. The molecule has 98 valence electrons. The maximum Gasteiger partial charge on any atom is 0.128 e. The average Bonchev–Trinajstić information content (AvgIpc) is 2.37. The van der Waals surface area contributed by atoms with Gasteiger partial charge >= 0.3 is 0 Å². The predicted octanol–water partition coefficient (Wildman–Crippen LogP) is 3.59. The molecule has 0 saturated carbocycles. The summed E-state index contributed by atoms with van der Waals surface area (Å²) in [5.41, 5.74) is 4.64. The first-order valence-corrected chi connectivity index (χ1v) is 6.03. The monoisotopic (exact) mass is 276 g/mol. The first kappa shape index (κ1) is 13.2. The van der Waals surface area contributed by atoms with E-state index >= 15 is 0 Å². The Labute approximate surface area is 116 Å². The number of benzene rings is 2. The lowest BCUT2D eigenvalue weighted by Crippen LogP contribution is -2.00. The molecule has 19 heavy (non-hydrogen) atoms. The molecule has 2 rings (SSSR count). The van der Waals surface area contributed by atoms with Crippen LogP contribution in [0.4, 0.5) is 5.69 Å². The summed E-state index contributed by atoms with van der Waals surface area (Å²) in [6.45, 7) is 1.75. The molecule has 0 fully saturated rings. The Hall–Kier alpha value is -2.20. The number of phenols is 2. The summed E-state index contributed by atoms with van der Waals surface area (Å²) in [4.78, 5) is 0. The van der Waals surface area contributed by atoms with Gasteiger partial charge < -0.3 is 10.2 Å². The third-order valence-corrected chi connectivity index (χ3v) is 2.92. The Morgan fingerprint density at radius 1 is 1.16 bits per heavy atom. The fourth-order valence-corrected chi connectivity index (χ4v) is 1.76. The Bertz CT molecular complexity index is 627. The van der Waals surface area contributed by atoms with Crippen LogP contribution in [-0.4, -0.2) is 15.9 Å². The van der Waals surface area contributed by atoms with Crippen LogP contribution in [0.2, 0.25) is 5.02 Å². The maximum absolute atomic E-state index is 9.72. The second kappa shape index (κ2) is 5.63. The Balaban J connectivity index is 2.22. The van der Waals surface area contributed by atoms with Gasteiger partial charge in [-0.1, -0.05) is 23.7 Å². The summed E-state index contributed by atoms with van der Waals surface area (Å²) in [7, 11) is 0. The van der Waals surface area contributed by atoms with Gasteiger partial charge in [0.05, 0.1) is 16.4 Å². The highest BCUT2D eigenvalue weighted by Gasteiger charge is 2.06. The number of aromatic hydroxyl groups is 2. The number of hydrogen-bond acceptors (Lipinski definition) is 4. The Morgan fingerprint density at radius 3 is 2.58 bits per heavy atom. The van der Waals surface area contributed by atoms with Gasteiger partial charge in [0.15, 0.2) is 0 Å². The van der Waals surface area contributed by atoms with E-state index in [4.69, 9.17) is 11.6 Å². The van der Waals surface area contributed by atoms with Crippen molar-refractivity contribution in [2.75, 3.05) is 5.43 Å². The highest BCUT2D eigenvalue weighted by Crippen LogP contribution is 2.24. The minimum atomic E-state index is -0.0257. The number of hydrazone groups is 1. The van der Waals surface area contributed by atoms with Crippen LogP contribution in [0.5, 0.6) is 11.5 Å². The molecule has 5 heteroatoms. The zero-order valence-corrected chi connectivity index (χ0v) is 11.0. The molecule has 0 spiro atoms. The quantitative estimate of drug-likeness (QED) is 0.593. The summed E-state index contributed by atoms with van der Waals surface area (Å²) in [5, 5.41) is 23.7. The molecule has 0 aliphatic heterocycles. The Kier molecular flexibility index (Phi) is 3.92. The molecule has 0 aromatic heterocycles. The molecule has 0 saturated heterocycles. The first-order valence-electron chi connectivity index (χ1n) is 5.65. The van der Waals surface area contributed by atoms with Crippen molar-refractivity contribution in [3.05, 3.63) is 53.1 Å². The van der Waals surface area contributed by atoms with E-state index in [9.17, 15) is 10.2 Å². The molecular formula is C14H13ClN2O2. The molecule has 2 aromatic carbocycles. The topological polar surface area (TPSA) is 64.9 Å². The normalized spacial score (nSPS) is 11.4. The van der Waals surface area contributed by atoms with Crippen molar-refractivity contribution in [1.82, 2.24) is 0 Å². The van der Waals surface area contributed by atoms with E-state index in [-0.39, 0.29) is 11.5 Å². The van der Waals surface area contributed by atoms with Gasteiger partial charge in [0.25, 0.3) is 0 Å². The number of rotatable bonds is 3. The molecule has 0 radical (unpaired) electrons. The minimum Gasteiger partial charge on any atom is -0.508 e. The highest BCUT2D eigenvalue weighted by atomic mass is 35.5. The van der Waals surface area contributed by atoms with Gasteiger partial charge in [-0.15, -0.1) is 0 Å². The largest absolute Gasteiger partial charge is 0.508 e.